The van der Waals surface area contributed by atoms with Crippen LogP contribution < -0.4 is 4.74 Å². The second-order valence-corrected chi connectivity index (χ2v) is 4.76. The van der Waals surface area contributed by atoms with Crippen LogP contribution in [-0.2, 0) is 0 Å². The minimum atomic E-state index is -0.592. The van der Waals surface area contributed by atoms with Gasteiger partial charge in [-0.1, -0.05) is 17.8 Å². The molecule has 5 heteroatoms. The van der Waals surface area contributed by atoms with E-state index in [0.717, 1.165) is 15.5 Å². The molecule has 2 rings (SSSR count). The van der Waals surface area contributed by atoms with Gasteiger partial charge in [0.15, 0.2) is 0 Å². The lowest BCUT2D eigenvalue weighted by atomic mass is 10.1. The average Bonchev–Trinajstić information content (AvgIpc) is 2.39. The molecule has 1 aromatic heterocycles. The summed E-state index contributed by atoms with van der Waals surface area (Å²) in [7, 11) is 1.60. The summed E-state index contributed by atoms with van der Waals surface area (Å²) in [5.41, 5.74) is 0.781. The highest BCUT2D eigenvalue weighted by Crippen LogP contribution is 2.37. The van der Waals surface area contributed by atoms with E-state index in [1.54, 1.807) is 20.2 Å². The number of rotatable bonds is 4. The Kier molecular flexibility index (Phi) is 4.17. The topological polar surface area (TPSA) is 55.2 Å². The molecule has 1 aromatic carbocycles. The van der Waals surface area contributed by atoms with Crippen molar-refractivity contribution in [1.82, 2.24) is 9.97 Å². The molecular weight excluding hydrogens is 248 g/mol. The van der Waals surface area contributed by atoms with Crippen LogP contribution >= 0.6 is 11.8 Å². The number of benzene rings is 1. The summed E-state index contributed by atoms with van der Waals surface area (Å²) in [6.07, 6.45) is 2.60. The van der Waals surface area contributed by atoms with E-state index in [4.69, 9.17) is 4.74 Å². The SMILES string of the molecule is COc1cccc(Sc2ccncn2)c1[C@H](C)O. The van der Waals surface area contributed by atoms with Crippen LogP contribution in [0.1, 0.15) is 18.6 Å². The smallest absolute Gasteiger partial charge is 0.125 e. The molecular formula is C13H14N2O2S. The zero-order chi connectivity index (χ0) is 13.0. The first kappa shape index (κ1) is 12.9. The van der Waals surface area contributed by atoms with Gasteiger partial charge in [0.25, 0.3) is 0 Å². The maximum Gasteiger partial charge on any atom is 0.125 e. The Morgan fingerprint density at radius 1 is 1.33 bits per heavy atom. The summed E-state index contributed by atoms with van der Waals surface area (Å²) < 4.78 is 5.28. The van der Waals surface area contributed by atoms with Crippen LogP contribution in [0.3, 0.4) is 0 Å². The first-order valence-electron chi connectivity index (χ1n) is 5.51. The van der Waals surface area contributed by atoms with Gasteiger partial charge in [0, 0.05) is 16.7 Å². The molecule has 0 bridgehead atoms. The number of hydrogen-bond donors (Lipinski definition) is 1. The van der Waals surface area contributed by atoms with Crippen LogP contribution in [-0.4, -0.2) is 22.2 Å². The van der Waals surface area contributed by atoms with Gasteiger partial charge in [-0.3, -0.25) is 0 Å². The summed E-state index contributed by atoms with van der Waals surface area (Å²) in [5, 5.41) is 10.7. The van der Waals surface area contributed by atoms with E-state index in [1.165, 1.54) is 18.1 Å². The molecule has 0 saturated carbocycles. The van der Waals surface area contributed by atoms with Crippen LogP contribution in [0, 0.1) is 0 Å². The molecule has 0 saturated heterocycles. The lowest BCUT2D eigenvalue weighted by molar-refractivity contribution is 0.191. The van der Waals surface area contributed by atoms with Crippen LogP contribution in [0.5, 0.6) is 5.75 Å². The van der Waals surface area contributed by atoms with Gasteiger partial charge < -0.3 is 9.84 Å². The van der Waals surface area contributed by atoms with Gasteiger partial charge in [0.05, 0.1) is 13.2 Å². The van der Waals surface area contributed by atoms with Gasteiger partial charge in [-0.15, -0.1) is 0 Å². The molecule has 1 atom stereocenters. The van der Waals surface area contributed by atoms with Gasteiger partial charge in [0.2, 0.25) is 0 Å². The molecule has 94 valence electrons. The highest BCUT2D eigenvalue weighted by molar-refractivity contribution is 7.99. The highest BCUT2D eigenvalue weighted by Gasteiger charge is 2.15. The normalized spacial score (nSPS) is 12.2. The summed E-state index contributed by atoms with van der Waals surface area (Å²) in [6.45, 7) is 1.72. The number of hydrogen-bond acceptors (Lipinski definition) is 5. The van der Waals surface area contributed by atoms with Crippen molar-refractivity contribution in [2.45, 2.75) is 22.9 Å². The van der Waals surface area contributed by atoms with E-state index in [9.17, 15) is 5.11 Å². The minimum Gasteiger partial charge on any atom is -0.496 e. The molecule has 1 N–H and O–H groups in total. The van der Waals surface area contributed by atoms with Gasteiger partial charge in [-0.2, -0.15) is 0 Å². The maximum atomic E-state index is 9.87. The molecule has 2 aromatic rings. The molecule has 1 heterocycles. The van der Waals surface area contributed by atoms with E-state index in [0.29, 0.717) is 5.75 Å². The lowest BCUT2D eigenvalue weighted by Crippen LogP contribution is -1.99. The maximum absolute atomic E-state index is 9.87. The molecule has 18 heavy (non-hydrogen) atoms. The number of ether oxygens (including phenoxy) is 1. The van der Waals surface area contributed by atoms with Crippen molar-refractivity contribution >= 4 is 11.8 Å². The third kappa shape index (κ3) is 2.80. The Labute approximate surface area is 110 Å². The van der Waals surface area contributed by atoms with Crippen molar-refractivity contribution in [3.8, 4) is 5.75 Å². The molecule has 4 nitrogen and oxygen atoms in total. The lowest BCUT2D eigenvalue weighted by Gasteiger charge is -2.15. The van der Waals surface area contributed by atoms with Crippen molar-refractivity contribution in [3.63, 3.8) is 0 Å². The van der Waals surface area contributed by atoms with Crippen molar-refractivity contribution in [1.29, 1.82) is 0 Å². The third-order valence-electron chi connectivity index (χ3n) is 2.43. The Hall–Kier alpha value is -1.59. The predicted octanol–water partition coefficient (Wildman–Crippen LogP) is 2.69. The number of methoxy groups -OCH3 is 1. The fourth-order valence-corrected chi connectivity index (χ4v) is 2.64. The minimum absolute atomic E-state index is 0.592. The summed E-state index contributed by atoms with van der Waals surface area (Å²) in [4.78, 5) is 8.97. The molecule has 0 unspecified atom stereocenters. The van der Waals surface area contributed by atoms with Crippen LogP contribution in [0.25, 0.3) is 0 Å². The number of aromatic nitrogens is 2. The van der Waals surface area contributed by atoms with E-state index in [-0.39, 0.29) is 0 Å². The molecule has 0 aliphatic rings. The van der Waals surface area contributed by atoms with Crippen molar-refractivity contribution in [2.24, 2.45) is 0 Å². The van der Waals surface area contributed by atoms with Crippen molar-refractivity contribution in [3.05, 3.63) is 42.4 Å². The Balaban J connectivity index is 2.38. The molecule has 0 amide bonds. The van der Waals surface area contributed by atoms with Crippen LogP contribution in [0.4, 0.5) is 0 Å². The van der Waals surface area contributed by atoms with E-state index in [2.05, 4.69) is 9.97 Å². The zero-order valence-electron chi connectivity index (χ0n) is 10.2. The monoisotopic (exact) mass is 262 g/mol. The molecule has 0 aliphatic carbocycles. The van der Waals surface area contributed by atoms with Crippen molar-refractivity contribution in [2.75, 3.05) is 7.11 Å². The number of nitrogens with zero attached hydrogens (tertiary/aromatic N) is 2. The van der Waals surface area contributed by atoms with Gasteiger partial charge >= 0.3 is 0 Å². The quantitative estimate of drug-likeness (QED) is 0.858. The highest BCUT2D eigenvalue weighted by atomic mass is 32.2. The number of aliphatic hydroxyl groups excluding tert-OH is 1. The Morgan fingerprint density at radius 3 is 2.78 bits per heavy atom. The van der Waals surface area contributed by atoms with Gasteiger partial charge in [-0.05, 0) is 25.1 Å². The second kappa shape index (κ2) is 5.84. The number of aliphatic hydroxyl groups is 1. The molecule has 0 spiro atoms. The summed E-state index contributed by atoms with van der Waals surface area (Å²) in [5.74, 6) is 0.684. The van der Waals surface area contributed by atoms with Crippen LogP contribution in [0.15, 0.2) is 46.7 Å². The van der Waals surface area contributed by atoms with E-state index >= 15 is 0 Å². The predicted molar refractivity (Wildman–Crippen MR) is 69.8 cm³/mol. The molecule has 0 fully saturated rings. The molecule has 0 aliphatic heterocycles. The fourth-order valence-electron chi connectivity index (χ4n) is 1.65. The summed E-state index contributed by atoms with van der Waals surface area (Å²) in [6, 6.07) is 7.51. The Morgan fingerprint density at radius 2 is 2.17 bits per heavy atom. The van der Waals surface area contributed by atoms with Crippen molar-refractivity contribution < 1.29 is 9.84 Å². The Bertz CT molecular complexity index is 518. The van der Waals surface area contributed by atoms with Gasteiger partial charge in [-0.25, -0.2) is 9.97 Å². The van der Waals surface area contributed by atoms with E-state index < -0.39 is 6.10 Å². The first-order chi connectivity index (χ1) is 8.72. The van der Waals surface area contributed by atoms with Gasteiger partial charge in [0.1, 0.15) is 17.1 Å². The fraction of sp³-hybridized carbons (Fsp3) is 0.231. The largest absolute Gasteiger partial charge is 0.496 e. The van der Waals surface area contributed by atoms with E-state index in [1.807, 2.05) is 24.3 Å². The van der Waals surface area contributed by atoms with Crippen LogP contribution in [0.2, 0.25) is 0 Å². The standard InChI is InChI=1S/C13H14N2O2S/c1-9(16)13-10(17-2)4-3-5-11(13)18-12-6-7-14-8-15-12/h3-9,16H,1-2H3/t9-/m0/s1. The average molecular weight is 262 g/mol. The third-order valence-corrected chi connectivity index (χ3v) is 3.46. The molecule has 0 radical (unpaired) electrons. The zero-order valence-corrected chi connectivity index (χ0v) is 11.0. The summed E-state index contributed by atoms with van der Waals surface area (Å²) >= 11 is 1.48. The second-order valence-electron chi connectivity index (χ2n) is 3.70. The first-order valence-corrected chi connectivity index (χ1v) is 6.33.